The van der Waals surface area contributed by atoms with Crippen molar-refractivity contribution in [2.24, 2.45) is 5.92 Å². The first-order valence-corrected chi connectivity index (χ1v) is 7.01. The highest BCUT2D eigenvalue weighted by atomic mass is 32.1. The van der Waals surface area contributed by atoms with E-state index in [4.69, 9.17) is 4.74 Å². The molecular formula is C12H16N2O3S. The van der Waals surface area contributed by atoms with Crippen LogP contribution in [0.2, 0.25) is 0 Å². The first kappa shape index (κ1) is 12.1. The molecule has 1 saturated heterocycles. The standard InChI is InChI=1S/C12H16N2O3S/c15-12(16)8-5-10(14-1-3-17-4-2-14)9-7-13-18-11(9)6-8/h7-8,10H,1-6H2,(H,15,16). The molecule has 2 aliphatic rings. The fraction of sp³-hybridized carbons (Fsp3) is 0.667. The molecule has 2 unspecified atom stereocenters. The molecule has 1 aliphatic carbocycles. The van der Waals surface area contributed by atoms with E-state index in [9.17, 15) is 9.90 Å². The van der Waals surface area contributed by atoms with Gasteiger partial charge in [-0.1, -0.05) is 0 Å². The molecule has 3 rings (SSSR count). The fourth-order valence-electron chi connectivity index (χ4n) is 2.83. The third-order valence-corrected chi connectivity index (χ3v) is 4.64. The SMILES string of the molecule is O=C(O)C1Cc2sncc2C(N2CCOCC2)C1. The van der Waals surface area contributed by atoms with Gasteiger partial charge < -0.3 is 9.84 Å². The van der Waals surface area contributed by atoms with Crippen LogP contribution in [0.25, 0.3) is 0 Å². The van der Waals surface area contributed by atoms with Crippen molar-refractivity contribution in [2.45, 2.75) is 18.9 Å². The zero-order valence-electron chi connectivity index (χ0n) is 10.0. The van der Waals surface area contributed by atoms with Crippen molar-refractivity contribution in [1.29, 1.82) is 0 Å². The molecule has 5 nitrogen and oxygen atoms in total. The number of morpholine rings is 1. The summed E-state index contributed by atoms with van der Waals surface area (Å²) in [5.74, 6) is -0.960. The Morgan fingerprint density at radius 1 is 1.50 bits per heavy atom. The molecule has 1 aliphatic heterocycles. The smallest absolute Gasteiger partial charge is 0.306 e. The van der Waals surface area contributed by atoms with Crippen molar-refractivity contribution in [3.63, 3.8) is 0 Å². The second kappa shape index (κ2) is 4.95. The van der Waals surface area contributed by atoms with Gasteiger partial charge in [-0.3, -0.25) is 9.69 Å². The van der Waals surface area contributed by atoms with Gasteiger partial charge in [0.2, 0.25) is 0 Å². The summed E-state index contributed by atoms with van der Waals surface area (Å²) in [5, 5.41) is 9.26. The minimum absolute atomic E-state index is 0.206. The van der Waals surface area contributed by atoms with Gasteiger partial charge in [0, 0.05) is 35.8 Å². The molecule has 0 radical (unpaired) electrons. The zero-order valence-corrected chi connectivity index (χ0v) is 10.9. The number of aromatic nitrogens is 1. The van der Waals surface area contributed by atoms with Gasteiger partial charge in [0.1, 0.15) is 0 Å². The number of aliphatic carboxylic acids is 1. The first-order valence-electron chi connectivity index (χ1n) is 6.23. The quantitative estimate of drug-likeness (QED) is 0.872. The number of carbonyl (C=O) groups is 1. The lowest BCUT2D eigenvalue weighted by Gasteiger charge is -2.38. The molecule has 1 aromatic rings. The fourth-order valence-corrected chi connectivity index (χ4v) is 3.69. The molecule has 0 spiro atoms. The topological polar surface area (TPSA) is 62.7 Å². The molecule has 98 valence electrons. The van der Waals surface area contributed by atoms with E-state index in [1.807, 2.05) is 6.20 Å². The largest absolute Gasteiger partial charge is 0.481 e. The van der Waals surface area contributed by atoms with E-state index in [-0.39, 0.29) is 12.0 Å². The Morgan fingerprint density at radius 2 is 2.28 bits per heavy atom. The molecule has 0 bridgehead atoms. The van der Waals surface area contributed by atoms with Gasteiger partial charge in [-0.15, -0.1) is 0 Å². The Labute approximate surface area is 110 Å². The maximum atomic E-state index is 11.3. The van der Waals surface area contributed by atoms with Gasteiger partial charge in [-0.25, -0.2) is 4.37 Å². The molecule has 6 heteroatoms. The number of nitrogens with zero attached hydrogens (tertiary/aromatic N) is 2. The Balaban J connectivity index is 1.86. The minimum Gasteiger partial charge on any atom is -0.481 e. The molecule has 0 amide bonds. The van der Waals surface area contributed by atoms with Crippen molar-refractivity contribution in [3.05, 3.63) is 16.6 Å². The molecule has 0 saturated carbocycles. The monoisotopic (exact) mass is 268 g/mol. The summed E-state index contributed by atoms with van der Waals surface area (Å²) in [6.45, 7) is 3.24. The number of hydrogen-bond acceptors (Lipinski definition) is 5. The lowest BCUT2D eigenvalue weighted by molar-refractivity contribution is -0.142. The summed E-state index contributed by atoms with van der Waals surface area (Å²) in [6.07, 6.45) is 3.25. The van der Waals surface area contributed by atoms with E-state index in [1.165, 1.54) is 17.1 Å². The van der Waals surface area contributed by atoms with Crippen LogP contribution in [0.15, 0.2) is 6.20 Å². The number of ether oxygens (including phenoxy) is 1. The molecule has 1 N–H and O–H groups in total. The second-order valence-corrected chi connectivity index (χ2v) is 5.73. The van der Waals surface area contributed by atoms with E-state index >= 15 is 0 Å². The average molecular weight is 268 g/mol. The van der Waals surface area contributed by atoms with Crippen molar-refractivity contribution >= 4 is 17.5 Å². The zero-order chi connectivity index (χ0) is 12.5. The van der Waals surface area contributed by atoms with Crippen LogP contribution in [0, 0.1) is 5.92 Å². The summed E-state index contributed by atoms with van der Waals surface area (Å²) in [5.41, 5.74) is 1.24. The van der Waals surface area contributed by atoms with E-state index < -0.39 is 5.97 Å². The maximum Gasteiger partial charge on any atom is 0.306 e. The van der Waals surface area contributed by atoms with Crippen molar-refractivity contribution in [2.75, 3.05) is 26.3 Å². The van der Waals surface area contributed by atoms with Crippen molar-refractivity contribution < 1.29 is 14.6 Å². The van der Waals surface area contributed by atoms with Crippen molar-refractivity contribution in [1.82, 2.24) is 9.27 Å². The van der Waals surface area contributed by atoms with Crippen LogP contribution in [0.5, 0.6) is 0 Å². The first-order chi connectivity index (χ1) is 8.75. The average Bonchev–Trinajstić information content (AvgIpc) is 2.86. The Morgan fingerprint density at radius 3 is 3.00 bits per heavy atom. The maximum absolute atomic E-state index is 11.3. The third kappa shape index (κ3) is 2.15. The van der Waals surface area contributed by atoms with Crippen LogP contribution in [0.1, 0.15) is 22.9 Å². The molecule has 2 heterocycles. The summed E-state index contributed by atoms with van der Waals surface area (Å²) in [4.78, 5) is 14.7. The van der Waals surface area contributed by atoms with Crippen LogP contribution < -0.4 is 0 Å². The Kier molecular flexibility index (Phi) is 3.32. The van der Waals surface area contributed by atoms with Crippen LogP contribution >= 0.6 is 11.5 Å². The Bertz CT molecular complexity index is 442. The highest BCUT2D eigenvalue weighted by Gasteiger charge is 2.35. The molecule has 2 atom stereocenters. The van der Waals surface area contributed by atoms with Gasteiger partial charge >= 0.3 is 5.97 Å². The molecule has 1 aromatic heterocycles. The number of fused-ring (bicyclic) bond motifs is 1. The molecule has 18 heavy (non-hydrogen) atoms. The minimum atomic E-state index is -0.688. The van der Waals surface area contributed by atoms with E-state index in [2.05, 4.69) is 9.27 Å². The van der Waals surface area contributed by atoms with Crippen molar-refractivity contribution in [3.8, 4) is 0 Å². The highest BCUT2D eigenvalue weighted by Crippen LogP contribution is 2.39. The number of rotatable bonds is 2. The normalized spacial score (nSPS) is 28.9. The summed E-state index contributed by atoms with van der Waals surface area (Å²) < 4.78 is 9.60. The number of carboxylic acid groups (broad SMARTS) is 1. The molecule has 1 fully saturated rings. The summed E-state index contributed by atoms with van der Waals surface area (Å²) in [7, 11) is 0. The summed E-state index contributed by atoms with van der Waals surface area (Å²) in [6, 6.07) is 0.206. The van der Waals surface area contributed by atoms with Gasteiger partial charge in [-0.05, 0) is 24.4 Å². The van der Waals surface area contributed by atoms with Gasteiger partial charge in [0.15, 0.2) is 0 Å². The predicted octanol–water partition coefficient (Wildman–Crippen LogP) is 1.16. The lowest BCUT2D eigenvalue weighted by Crippen LogP contribution is -2.42. The van der Waals surface area contributed by atoms with Gasteiger partial charge in [-0.2, -0.15) is 0 Å². The number of carboxylic acids is 1. The van der Waals surface area contributed by atoms with Gasteiger partial charge in [0.05, 0.1) is 19.1 Å². The predicted molar refractivity (Wildman–Crippen MR) is 66.7 cm³/mol. The molecular weight excluding hydrogens is 252 g/mol. The highest BCUT2D eigenvalue weighted by molar-refractivity contribution is 7.05. The number of hydrogen-bond donors (Lipinski definition) is 1. The Hall–Kier alpha value is -0.980. The lowest BCUT2D eigenvalue weighted by atomic mass is 9.84. The van der Waals surface area contributed by atoms with Crippen LogP contribution in [0.4, 0.5) is 0 Å². The van der Waals surface area contributed by atoms with E-state index in [1.54, 1.807) is 0 Å². The van der Waals surface area contributed by atoms with Crippen LogP contribution in [-0.2, 0) is 16.0 Å². The summed E-state index contributed by atoms with van der Waals surface area (Å²) >= 11 is 1.44. The van der Waals surface area contributed by atoms with E-state index in [0.717, 1.165) is 31.2 Å². The molecule has 0 aromatic carbocycles. The van der Waals surface area contributed by atoms with Crippen LogP contribution in [-0.4, -0.2) is 46.7 Å². The van der Waals surface area contributed by atoms with E-state index in [0.29, 0.717) is 12.8 Å². The van der Waals surface area contributed by atoms with Gasteiger partial charge in [0.25, 0.3) is 0 Å². The second-order valence-electron chi connectivity index (χ2n) is 4.84. The third-order valence-electron chi connectivity index (χ3n) is 3.81. The van der Waals surface area contributed by atoms with Crippen LogP contribution in [0.3, 0.4) is 0 Å².